The average Bonchev–Trinajstić information content (AvgIpc) is 3.10. The van der Waals surface area contributed by atoms with Crippen molar-refractivity contribution in [2.24, 2.45) is 0 Å². The van der Waals surface area contributed by atoms with Gasteiger partial charge < -0.3 is 4.74 Å². The fraction of sp³-hybridized carbons (Fsp3) is 0.158. The summed E-state index contributed by atoms with van der Waals surface area (Å²) >= 11 is 1.24. The smallest absolute Gasteiger partial charge is 0.270 e. The lowest BCUT2D eigenvalue weighted by atomic mass is 10.1. The van der Waals surface area contributed by atoms with Crippen LogP contribution in [0.3, 0.4) is 0 Å². The molecule has 0 unspecified atom stereocenters. The van der Waals surface area contributed by atoms with E-state index in [9.17, 15) is 14.9 Å². The number of ether oxygens (including phenoxy) is 1. The number of hydrogen-bond donors (Lipinski definition) is 1. The number of thiazole rings is 1. The minimum Gasteiger partial charge on any atom is -0.481 e. The molecule has 0 saturated carbocycles. The number of nitro benzene ring substituents is 1. The molecule has 3 aromatic rings. The minimum atomic E-state index is -0.697. The van der Waals surface area contributed by atoms with Crippen LogP contribution in [0.4, 0.5) is 10.8 Å². The highest BCUT2D eigenvalue weighted by Gasteiger charge is 2.17. The van der Waals surface area contributed by atoms with Gasteiger partial charge in [-0.2, -0.15) is 0 Å². The van der Waals surface area contributed by atoms with Crippen molar-refractivity contribution < 1.29 is 14.5 Å². The van der Waals surface area contributed by atoms with Gasteiger partial charge in [-0.3, -0.25) is 20.2 Å². The molecule has 2 aromatic carbocycles. The zero-order chi connectivity index (χ0) is 19.4. The third kappa shape index (κ3) is 4.68. The lowest BCUT2D eigenvalue weighted by Crippen LogP contribution is -2.30. The van der Waals surface area contributed by atoms with E-state index in [1.54, 1.807) is 30.5 Å². The van der Waals surface area contributed by atoms with Gasteiger partial charge in [0.15, 0.2) is 11.2 Å². The molecular formula is C19H17N3O4S. The first-order chi connectivity index (χ1) is 12.9. The van der Waals surface area contributed by atoms with E-state index in [1.807, 2.05) is 25.1 Å². The highest BCUT2D eigenvalue weighted by atomic mass is 32.1. The van der Waals surface area contributed by atoms with Crippen LogP contribution in [0.25, 0.3) is 11.3 Å². The fourth-order valence-corrected chi connectivity index (χ4v) is 3.12. The van der Waals surface area contributed by atoms with Crippen molar-refractivity contribution in [3.8, 4) is 17.0 Å². The summed E-state index contributed by atoms with van der Waals surface area (Å²) < 4.78 is 5.65. The van der Waals surface area contributed by atoms with Crippen molar-refractivity contribution in [1.82, 2.24) is 4.98 Å². The van der Waals surface area contributed by atoms with Gasteiger partial charge in [0.1, 0.15) is 5.75 Å². The Kier molecular flexibility index (Phi) is 5.46. The zero-order valence-corrected chi connectivity index (χ0v) is 15.5. The summed E-state index contributed by atoms with van der Waals surface area (Å²) in [6.07, 6.45) is -0.697. The van der Waals surface area contributed by atoms with Gasteiger partial charge in [-0.05, 0) is 31.5 Å². The predicted octanol–water partition coefficient (Wildman–Crippen LogP) is 4.43. The van der Waals surface area contributed by atoms with Gasteiger partial charge in [0.05, 0.1) is 10.6 Å². The number of hydrogen-bond acceptors (Lipinski definition) is 6. The molecule has 1 N–H and O–H groups in total. The summed E-state index contributed by atoms with van der Waals surface area (Å²) in [5, 5.41) is 15.8. The van der Waals surface area contributed by atoms with E-state index in [4.69, 9.17) is 4.74 Å². The Morgan fingerprint density at radius 3 is 2.78 bits per heavy atom. The molecule has 1 atom stereocenters. The monoisotopic (exact) mass is 383 g/mol. The number of aryl methyl sites for hydroxylation is 1. The van der Waals surface area contributed by atoms with Crippen LogP contribution in [0.2, 0.25) is 0 Å². The molecule has 7 nitrogen and oxygen atoms in total. The number of carbonyl (C=O) groups is 1. The van der Waals surface area contributed by atoms with E-state index in [-0.39, 0.29) is 11.6 Å². The van der Waals surface area contributed by atoms with Crippen molar-refractivity contribution in [2.75, 3.05) is 5.32 Å². The summed E-state index contributed by atoms with van der Waals surface area (Å²) in [6.45, 7) is 3.61. The number of carbonyl (C=O) groups excluding carboxylic acids is 1. The van der Waals surface area contributed by atoms with E-state index >= 15 is 0 Å². The average molecular weight is 383 g/mol. The summed E-state index contributed by atoms with van der Waals surface area (Å²) in [6, 6.07) is 13.7. The molecule has 0 radical (unpaired) electrons. The first kappa shape index (κ1) is 18.5. The van der Waals surface area contributed by atoms with Crippen molar-refractivity contribution in [3.05, 3.63) is 69.6 Å². The molecule has 138 valence electrons. The minimum absolute atomic E-state index is 0.00809. The first-order valence-electron chi connectivity index (χ1n) is 8.17. The lowest BCUT2D eigenvalue weighted by molar-refractivity contribution is -0.384. The van der Waals surface area contributed by atoms with Crippen LogP contribution >= 0.6 is 11.3 Å². The highest BCUT2D eigenvalue weighted by Crippen LogP contribution is 2.27. The second kappa shape index (κ2) is 7.96. The van der Waals surface area contributed by atoms with E-state index < -0.39 is 11.0 Å². The Balaban J connectivity index is 1.67. The van der Waals surface area contributed by atoms with Gasteiger partial charge in [0, 0.05) is 23.1 Å². The molecule has 0 fully saturated rings. The molecular weight excluding hydrogens is 366 g/mol. The predicted molar refractivity (Wildman–Crippen MR) is 104 cm³/mol. The Labute approximate surface area is 159 Å². The van der Waals surface area contributed by atoms with Gasteiger partial charge in [-0.1, -0.05) is 24.3 Å². The number of anilines is 1. The maximum Gasteiger partial charge on any atom is 0.270 e. The largest absolute Gasteiger partial charge is 0.481 e. The molecule has 0 aliphatic heterocycles. The maximum atomic E-state index is 12.3. The lowest BCUT2D eigenvalue weighted by Gasteiger charge is -2.14. The summed E-state index contributed by atoms with van der Waals surface area (Å²) in [5.41, 5.74) is 2.21. The van der Waals surface area contributed by atoms with Crippen LogP contribution in [0.15, 0.2) is 53.9 Å². The summed E-state index contributed by atoms with van der Waals surface area (Å²) in [4.78, 5) is 27.1. The number of amides is 1. The van der Waals surface area contributed by atoms with Crippen LogP contribution in [-0.4, -0.2) is 21.9 Å². The second-order valence-electron chi connectivity index (χ2n) is 5.91. The van der Waals surface area contributed by atoms with E-state index in [0.29, 0.717) is 22.1 Å². The Bertz CT molecular complexity index is 986. The second-order valence-corrected chi connectivity index (χ2v) is 6.77. The molecule has 3 rings (SSSR count). The molecule has 0 aliphatic carbocycles. The molecule has 1 aromatic heterocycles. The summed E-state index contributed by atoms with van der Waals surface area (Å²) in [5.74, 6) is 0.297. The summed E-state index contributed by atoms with van der Waals surface area (Å²) in [7, 11) is 0. The molecule has 8 heteroatoms. The zero-order valence-electron chi connectivity index (χ0n) is 14.7. The molecule has 0 saturated heterocycles. The molecule has 0 bridgehead atoms. The Morgan fingerprint density at radius 1 is 1.26 bits per heavy atom. The van der Waals surface area contributed by atoms with Gasteiger partial charge in [-0.25, -0.2) is 4.98 Å². The van der Waals surface area contributed by atoms with Gasteiger partial charge in [0.25, 0.3) is 11.6 Å². The Morgan fingerprint density at radius 2 is 2.04 bits per heavy atom. The van der Waals surface area contributed by atoms with Crippen molar-refractivity contribution in [3.63, 3.8) is 0 Å². The number of benzene rings is 2. The van der Waals surface area contributed by atoms with Crippen molar-refractivity contribution in [2.45, 2.75) is 20.0 Å². The van der Waals surface area contributed by atoms with Crippen LogP contribution in [-0.2, 0) is 4.79 Å². The van der Waals surface area contributed by atoms with Crippen LogP contribution in [0.1, 0.15) is 12.5 Å². The first-order valence-corrected chi connectivity index (χ1v) is 9.05. The number of aromatic nitrogens is 1. The number of nitro groups is 1. The third-order valence-corrected chi connectivity index (χ3v) is 4.52. The number of nitrogens with one attached hydrogen (secondary N) is 1. The SMILES string of the molecule is Cc1cccc(O[C@@H](C)C(=O)Nc2nc(-c3cccc([N+](=O)[O-])c3)cs2)c1. The van der Waals surface area contributed by atoms with E-state index in [1.165, 1.54) is 23.5 Å². The van der Waals surface area contributed by atoms with Gasteiger partial charge in [-0.15, -0.1) is 11.3 Å². The van der Waals surface area contributed by atoms with E-state index in [2.05, 4.69) is 10.3 Å². The highest BCUT2D eigenvalue weighted by molar-refractivity contribution is 7.14. The molecule has 1 amide bonds. The number of rotatable bonds is 6. The standard InChI is InChI=1S/C19H17N3O4S/c1-12-5-3-8-16(9-12)26-13(2)18(23)21-19-20-17(11-27-19)14-6-4-7-15(10-14)22(24)25/h3-11,13H,1-2H3,(H,20,21,23)/t13-/m0/s1. The van der Waals surface area contributed by atoms with Crippen molar-refractivity contribution >= 4 is 28.1 Å². The third-order valence-electron chi connectivity index (χ3n) is 3.76. The molecule has 0 spiro atoms. The van der Waals surface area contributed by atoms with Crippen LogP contribution in [0, 0.1) is 17.0 Å². The number of nitrogens with zero attached hydrogens (tertiary/aromatic N) is 2. The maximum absolute atomic E-state index is 12.3. The fourth-order valence-electron chi connectivity index (χ4n) is 2.40. The molecule has 0 aliphatic rings. The normalized spacial score (nSPS) is 11.6. The van der Waals surface area contributed by atoms with Crippen LogP contribution in [0.5, 0.6) is 5.75 Å². The Hall–Kier alpha value is -3.26. The van der Waals surface area contributed by atoms with Gasteiger partial charge in [0.2, 0.25) is 0 Å². The quantitative estimate of drug-likeness (QED) is 0.502. The van der Waals surface area contributed by atoms with Crippen molar-refractivity contribution in [1.29, 1.82) is 0 Å². The molecule has 27 heavy (non-hydrogen) atoms. The van der Waals surface area contributed by atoms with Crippen LogP contribution < -0.4 is 10.1 Å². The number of non-ortho nitro benzene ring substituents is 1. The molecule has 1 heterocycles. The van der Waals surface area contributed by atoms with E-state index in [0.717, 1.165) is 5.56 Å². The van der Waals surface area contributed by atoms with Gasteiger partial charge >= 0.3 is 0 Å². The topological polar surface area (TPSA) is 94.4 Å².